The number of hydrogen-bond acceptors (Lipinski definition) is 4. The number of imidazole rings is 1. The number of carbonyl (C=O) groups excluding carboxylic acids is 1. The van der Waals surface area contributed by atoms with E-state index >= 15 is 0 Å². The van der Waals surface area contributed by atoms with Crippen LogP contribution >= 0.6 is 0 Å². The van der Waals surface area contributed by atoms with Crippen LogP contribution in [-0.4, -0.2) is 28.5 Å². The average molecular weight is 323 g/mol. The fourth-order valence-corrected chi connectivity index (χ4v) is 2.69. The summed E-state index contributed by atoms with van der Waals surface area (Å²) in [6.07, 6.45) is 2.58. The summed E-state index contributed by atoms with van der Waals surface area (Å²) >= 11 is 0. The van der Waals surface area contributed by atoms with Crippen molar-refractivity contribution < 1.29 is 14.3 Å². The van der Waals surface area contributed by atoms with Gasteiger partial charge in [0.1, 0.15) is 11.3 Å². The van der Waals surface area contributed by atoms with Gasteiger partial charge in [0, 0.05) is 30.1 Å². The summed E-state index contributed by atoms with van der Waals surface area (Å²) in [5, 5.41) is 2.86. The number of aryl methyl sites for hydroxylation is 1. The number of nitrogens with one attached hydrogen (secondary N) is 1. The smallest absolute Gasteiger partial charge is 0.275 e. The number of anilines is 1. The van der Waals surface area contributed by atoms with E-state index in [1.54, 1.807) is 18.3 Å². The maximum Gasteiger partial charge on any atom is 0.275 e. The van der Waals surface area contributed by atoms with E-state index in [2.05, 4.69) is 10.3 Å². The Morgan fingerprint density at radius 2 is 2.00 bits per heavy atom. The number of pyridine rings is 1. The Morgan fingerprint density at radius 1 is 1.17 bits per heavy atom. The van der Waals surface area contributed by atoms with Gasteiger partial charge in [-0.2, -0.15) is 0 Å². The molecule has 6 nitrogen and oxygen atoms in total. The lowest BCUT2D eigenvalue weighted by Gasteiger charge is -2.09. The van der Waals surface area contributed by atoms with E-state index in [-0.39, 0.29) is 5.91 Å². The topological polar surface area (TPSA) is 64.9 Å². The highest BCUT2D eigenvalue weighted by Crippen LogP contribution is 2.32. The van der Waals surface area contributed by atoms with Crippen LogP contribution in [0.15, 0.2) is 42.6 Å². The molecule has 0 aliphatic carbocycles. The van der Waals surface area contributed by atoms with Crippen molar-refractivity contribution in [1.82, 2.24) is 9.38 Å². The molecule has 0 saturated carbocycles. The van der Waals surface area contributed by atoms with Gasteiger partial charge in [-0.1, -0.05) is 6.07 Å². The van der Waals surface area contributed by atoms with Crippen LogP contribution < -0.4 is 14.8 Å². The van der Waals surface area contributed by atoms with Crippen LogP contribution in [0.2, 0.25) is 0 Å². The number of benzene rings is 1. The molecule has 1 N–H and O–H groups in total. The molecule has 1 aliphatic rings. The summed E-state index contributed by atoms with van der Waals surface area (Å²) < 4.78 is 13.1. The van der Waals surface area contributed by atoms with Crippen LogP contribution in [0.5, 0.6) is 11.5 Å². The summed E-state index contributed by atoms with van der Waals surface area (Å²) in [7, 11) is 0. The van der Waals surface area contributed by atoms with E-state index in [1.165, 1.54) is 0 Å². The third-order valence-corrected chi connectivity index (χ3v) is 3.93. The van der Waals surface area contributed by atoms with E-state index in [9.17, 15) is 4.79 Å². The predicted molar refractivity (Wildman–Crippen MR) is 89.9 cm³/mol. The van der Waals surface area contributed by atoms with E-state index in [0.717, 1.165) is 17.8 Å². The molecule has 1 aromatic carbocycles. The van der Waals surface area contributed by atoms with Gasteiger partial charge in [0.05, 0.1) is 13.2 Å². The highest BCUT2D eigenvalue weighted by atomic mass is 16.5. The molecule has 3 aromatic rings. The number of rotatable bonds is 2. The van der Waals surface area contributed by atoms with E-state index in [1.807, 2.05) is 35.6 Å². The molecule has 6 heteroatoms. The quantitative estimate of drug-likeness (QED) is 0.787. The van der Waals surface area contributed by atoms with Crippen molar-refractivity contribution in [3.05, 3.63) is 54.0 Å². The Bertz CT molecular complexity index is 917. The predicted octanol–water partition coefficient (Wildman–Crippen LogP) is 3.06. The van der Waals surface area contributed by atoms with Crippen molar-refractivity contribution in [3.8, 4) is 11.5 Å². The molecular formula is C18H17N3O3. The molecule has 0 fully saturated rings. The lowest BCUT2D eigenvalue weighted by molar-refractivity contribution is 0.102. The third-order valence-electron chi connectivity index (χ3n) is 3.93. The molecule has 0 radical (unpaired) electrons. The number of aromatic nitrogens is 2. The summed E-state index contributed by atoms with van der Waals surface area (Å²) in [4.78, 5) is 16.8. The van der Waals surface area contributed by atoms with Crippen LogP contribution in [0.3, 0.4) is 0 Å². The first-order valence-corrected chi connectivity index (χ1v) is 7.86. The SMILES string of the molecule is Cc1cccc2nc(C(=O)Nc3ccc4c(c3)OCCCO4)cn12. The van der Waals surface area contributed by atoms with Gasteiger partial charge in [0.2, 0.25) is 0 Å². The molecule has 0 saturated heterocycles. The largest absolute Gasteiger partial charge is 0.490 e. The minimum atomic E-state index is -0.257. The van der Waals surface area contributed by atoms with Gasteiger partial charge >= 0.3 is 0 Å². The average Bonchev–Trinajstić information content (AvgIpc) is 2.89. The standard InChI is InChI=1S/C18H17N3O3/c1-12-4-2-5-17-20-14(11-21(12)17)18(22)19-13-6-7-15-16(10-13)24-9-3-8-23-15/h2,4-7,10-11H,3,8-9H2,1H3,(H,19,22). The van der Waals surface area contributed by atoms with E-state index in [0.29, 0.717) is 36.1 Å². The third kappa shape index (κ3) is 2.67. The Kier molecular flexibility index (Phi) is 3.57. The number of nitrogens with zero attached hydrogens (tertiary/aromatic N) is 2. The molecule has 1 aliphatic heterocycles. The van der Waals surface area contributed by atoms with E-state index < -0.39 is 0 Å². The fraction of sp³-hybridized carbons (Fsp3) is 0.222. The highest BCUT2D eigenvalue weighted by Gasteiger charge is 2.15. The zero-order valence-electron chi connectivity index (χ0n) is 13.3. The van der Waals surface area contributed by atoms with Crippen LogP contribution in [-0.2, 0) is 0 Å². The Morgan fingerprint density at radius 3 is 2.83 bits per heavy atom. The van der Waals surface area contributed by atoms with Crippen molar-refractivity contribution >= 4 is 17.2 Å². The van der Waals surface area contributed by atoms with Crippen molar-refractivity contribution in [2.45, 2.75) is 13.3 Å². The van der Waals surface area contributed by atoms with Crippen molar-refractivity contribution in [3.63, 3.8) is 0 Å². The van der Waals surface area contributed by atoms with Gasteiger partial charge in [0.25, 0.3) is 5.91 Å². The lowest BCUT2D eigenvalue weighted by atomic mass is 10.2. The molecule has 0 spiro atoms. The highest BCUT2D eigenvalue weighted by molar-refractivity contribution is 6.03. The summed E-state index contributed by atoms with van der Waals surface area (Å²) in [6.45, 7) is 3.22. The molecule has 4 rings (SSSR count). The normalized spacial score (nSPS) is 13.5. The Labute approximate surface area is 139 Å². The molecule has 122 valence electrons. The first-order valence-electron chi connectivity index (χ1n) is 7.86. The minimum Gasteiger partial charge on any atom is -0.490 e. The van der Waals surface area contributed by atoms with Crippen LogP contribution in [0.25, 0.3) is 5.65 Å². The Balaban J connectivity index is 1.59. The molecule has 3 heterocycles. The second-order valence-electron chi connectivity index (χ2n) is 5.69. The number of carbonyl (C=O) groups is 1. The van der Waals surface area contributed by atoms with Gasteiger partial charge in [-0.3, -0.25) is 4.79 Å². The maximum absolute atomic E-state index is 12.5. The molecule has 24 heavy (non-hydrogen) atoms. The van der Waals surface area contributed by atoms with Gasteiger partial charge in [-0.15, -0.1) is 0 Å². The first-order chi connectivity index (χ1) is 11.7. The maximum atomic E-state index is 12.5. The fourth-order valence-electron chi connectivity index (χ4n) is 2.69. The lowest BCUT2D eigenvalue weighted by Crippen LogP contribution is -2.12. The van der Waals surface area contributed by atoms with Gasteiger partial charge in [-0.25, -0.2) is 4.98 Å². The zero-order chi connectivity index (χ0) is 16.5. The van der Waals surface area contributed by atoms with Gasteiger partial charge in [0.15, 0.2) is 11.5 Å². The van der Waals surface area contributed by atoms with Crippen LogP contribution in [0.4, 0.5) is 5.69 Å². The number of hydrogen-bond donors (Lipinski definition) is 1. The molecule has 1 amide bonds. The van der Waals surface area contributed by atoms with Crippen molar-refractivity contribution in [2.24, 2.45) is 0 Å². The summed E-state index contributed by atoms with van der Waals surface area (Å²) in [6, 6.07) is 11.1. The first kappa shape index (κ1) is 14.6. The summed E-state index contributed by atoms with van der Waals surface area (Å²) in [5.41, 5.74) is 2.79. The Hall–Kier alpha value is -3.02. The zero-order valence-corrected chi connectivity index (χ0v) is 13.3. The van der Waals surface area contributed by atoms with Gasteiger partial charge < -0.3 is 19.2 Å². The summed E-state index contributed by atoms with van der Waals surface area (Å²) in [5.74, 6) is 1.09. The number of amides is 1. The molecule has 2 aromatic heterocycles. The molecule has 0 bridgehead atoms. The molecular weight excluding hydrogens is 306 g/mol. The monoisotopic (exact) mass is 323 g/mol. The van der Waals surface area contributed by atoms with E-state index in [4.69, 9.17) is 9.47 Å². The second-order valence-corrected chi connectivity index (χ2v) is 5.69. The van der Waals surface area contributed by atoms with Crippen LogP contribution in [0, 0.1) is 6.92 Å². The van der Waals surface area contributed by atoms with Crippen LogP contribution in [0.1, 0.15) is 22.6 Å². The number of ether oxygens (including phenoxy) is 2. The minimum absolute atomic E-state index is 0.257. The van der Waals surface area contributed by atoms with Crippen molar-refractivity contribution in [2.75, 3.05) is 18.5 Å². The molecule has 0 unspecified atom stereocenters. The van der Waals surface area contributed by atoms with Gasteiger partial charge in [-0.05, 0) is 31.2 Å². The van der Waals surface area contributed by atoms with Crippen molar-refractivity contribution in [1.29, 1.82) is 0 Å². The molecule has 0 atom stereocenters. The second kappa shape index (κ2) is 5.88. The number of fused-ring (bicyclic) bond motifs is 2.